The van der Waals surface area contributed by atoms with E-state index in [1.165, 1.54) is 0 Å². The molecule has 0 aliphatic carbocycles. The predicted octanol–water partition coefficient (Wildman–Crippen LogP) is 1.87. The fraction of sp³-hybridized carbons (Fsp3) is 0.500. The molecule has 2 aromatic heterocycles. The zero-order valence-electron chi connectivity index (χ0n) is 12.8. The Hall–Kier alpha value is -2.08. The molecule has 0 aromatic carbocycles. The van der Waals surface area contributed by atoms with Crippen LogP contribution in [0.15, 0.2) is 18.3 Å². The van der Waals surface area contributed by atoms with Crippen LogP contribution >= 0.6 is 0 Å². The van der Waals surface area contributed by atoms with Crippen molar-refractivity contribution >= 4 is 5.82 Å². The number of aromatic nitrogens is 3. The van der Waals surface area contributed by atoms with Gasteiger partial charge >= 0.3 is 0 Å². The van der Waals surface area contributed by atoms with Crippen LogP contribution in [0.4, 0.5) is 5.82 Å². The van der Waals surface area contributed by atoms with Crippen molar-refractivity contribution in [3.8, 4) is 17.1 Å². The van der Waals surface area contributed by atoms with E-state index in [9.17, 15) is 0 Å². The van der Waals surface area contributed by atoms with E-state index in [4.69, 9.17) is 9.47 Å². The summed E-state index contributed by atoms with van der Waals surface area (Å²) in [6.07, 6.45) is 2.92. The number of hydrogen-bond acceptors (Lipinski definition) is 5. The van der Waals surface area contributed by atoms with Gasteiger partial charge in [-0.3, -0.25) is 0 Å². The largest absolute Gasteiger partial charge is 0.478 e. The first kappa shape index (κ1) is 13.6. The van der Waals surface area contributed by atoms with Crippen LogP contribution in [-0.2, 0) is 11.3 Å². The van der Waals surface area contributed by atoms with Gasteiger partial charge in [-0.25, -0.2) is 9.67 Å². The highest BCUT2D eigenvalue weighted by atomic mass is 16.5. The van der Waals surface area contributed by atoms with Gasteiger partial charge in [-0.05, 0) is 19.1 Å². The molecule has 4 rings (SSSR count). The molecule has 22 heavy (non-hydrogen) atoms. The number of aryl methyl sites for hydroxylation is 1. The molecule has 0 amide bonds. The normalized spacial score (nSPS) is 18.0. The summed E-state index contributed by atoms with van der Waals surface area (Å²) in [4.78, 5) is 6.86. The Morgan fingerprint density at radius 2 is 1.95 bits per heavy atom. The van der Waals surface area contributed by atoms with Gasteiger partial charge in [-0.1, -0.05) is 0 Å². The summed E-state index contributed by atoms with van der Waals surface area (Å²) in [5.41, 5.74) is 3.11. The highest BCUT2D eigenvalue weighted by Crippen LogP contribution is 2.31. The fourth-order valence-corrected chi connectivity index (χ4v) is 3.03. The molecule has 2 aliphatic rings. The third-order valence-electron chi connectivity index (χ3n) is 4.24. The minimum atomic E-state index is 0.771. The van der Waals surface area contributed by atoms with E-state index in [1.54, 1.807) is 0 Å². The van der Waals surface area contributed by atoms with Gasteiger partial charge in [0, 0.05) is 43.4 Å². The van der Waals surface area contributed by atoms with Gasteiger partial charge in [-0.15, -0.1) is 0 Å². The maximum Gasteiger partial charge on any atom is 0.215 e. The van der Waals surface area contributed by atoms with Crippen LogP contribution in [0.3, 0.4) is 0 Å². The number of morpholine rings is 1. The summed E-state index contributed by atoms with van der Waals surface area (Å²) in [6, 6.07) is 4.17. The summed E-state index contributed by atoms with van der Waals surface area (Å²) in [5.74, 6) is 1.91. The molecular weight excluding hydrogens is 280 g/mol. The van der Waals surface area contributed by atoms with Crippen molar-refractivity contribution in [2.24, 2.45) is 0 Å². The topological polar surface area (TPSA) is 52.4 Å². The van der Waals surface area contributed by atoms with Crippen molar-refractivity contribution in [1.82, 2.24) is 14.8 Å². The molecule has 116 valence electrons. The second kappa shape index (κ2) is 5.61. The van der Waals surface area contributed by atoms with E-state index in [-0.39, 0.29) is 0 Å². The summed E-state index contributed by atoms with van der Waals surface area (Å²) in [7, 11) is 0. The van der Waals surface area contributed by atoms with Crippen molar-refractivity contribution in [2.45, 2.75) is 19.9 Å². The van der Waals surface area contributed by atoms with E-state index < -0.39 is 0 Å². The summed E-state index contributed by atoms with van der Waals surface area (Å²) < 4.78 is 13.1. The van der Waals surface area contributed by atoms with Gasteiger partial charge in [0.05, 0.1) is 19.8 Å². The first-order valence-corrected chi connectivity index (χ1v) is 7.82. The average molecular weight is 300 g/mol. The smallest absolute Gasteiger partial charge is 0.215 e. The molecule has 1 saturated heterocycles. The molecule has 0 N–H and O–H groups in total. The van der Waals surface area contributed by atoms with Gasteiger partial charge in [0.1, 0.15) is 11.5 Å². The quantitative estimate of drug-likeness (QED) is 0.847. The molecule has 2 aliphatic heterocycles. The van der Waals surface area contributed by atoms with Gasteiger partial charge in [0.25, 0.3) is 0 Å². The Morgan fingerprint density at radius 3 is 2.68 bits per heavy atom. The highest BCUT2D eigenvalue weighted by Gasteiger charge is 2.20. The molecule has 6 heteroatoms. The molecular formula is C16H20N4O2. The Labute approximate surface area is 129 Å². The lowest BCUT2D eigenvalue weighted by Gasteiger charge is -2.27. The minimum absolute atomic E-state index is 0.771. The number of fused-ring (bicyclic) bond motifs is 1. The van der Waals surface area contributed by atoms with Crippen molar-refractivity contribution in [3.63, 3.8) is 0 Å². The van der Waals surface area contributed by atoms with Crippen LogP contribution in [0, 0.1) is 6.92 Å². The summed E-state index contributed by atoms with van der Waals surface area (Å²) in [6.45, 7) is 7.11. The van der Waals surface area contributed by atoms with Crippen LogP contribution in [-0.4, -0.2) is 47.7 Å². The molecule has 0 bridgehead atoms. The second-order valence-corrected chi connectivity index (χ2v) is 5.71. The second-order valence-electron chi connectivity index (χ2n) is 5.71. The van der Waals surface area contributed by atoms with Crippen molar-refractivity contribution in [1.29, 1.82) is 0 Å². The first-order valence-electron chi connectivity index (χ1n) is 7.82. The predicted molar refractivity (Wildman–Crippen MR) is 83.3 cm³/mol. The molecule has 0 unspecified atom stereocenters. The van der Waals surface area contributed by atoms with E-state index in [0.29, 0.717) is 0 Å². The Kier molecular flexibility index (Phi) is 3.46. The number of pyridine rings is 1. The molecule has 0 radical (unpaired) electrons. The molecule has 2 aromatic rings. The molecule has 4 heterocycles. The Balaban J connectivity index is 1.62. The number of anilines is 1. The highest BCUT2D eigenvalue weighted by molar-refractivity contribution is 5.65. The van der Waals surface area contributed by atoms with Crippen molar-refractivity contribution in [3.05, 3.63) is 23.9 Å². The van der Waals surface area contributed by atoms with Crippen LogP contribution in [0.2, 0.25) is 0 Å². The van der Waals surface area contributed by atoms with Crippen LogP contribution in [0.5, 0.6) is 5.88 Å². The van der Waals surface area contributed by atoms with E-state index in [2.05, 4.69) is 34.0 Å². The zero-order chi connectivity index (χ0) is 14.9. The SMILES string of the molecule is Cc1c(-c2ccc(N3CCOCC3)nc2)nn2c1OCCC2. The number of nitrogens with zero attached hydrogens (tertiary/aromatic N) is 4. The molecule has 0 spiro atoms. The number of hydrogen-bond donors (Lipinski definition) is 0. The monoisotopic (exact) mass is 300 g/mol. The summed E-state index contributed by atoms with van der Waals surface area (Å²) in [5, 5.41) is 4.68. The lowest BCUT2D eigenvalue weighted by molar-refractivity contribution is 0.122. The zero-order valence-corrected chi connectivity index (χ0v) is 12.8. The average Bonchev–Trinajstić information content (AvgIpc) is 2.93. The molecule has 0 saturated carbocycles. The lowest BCUT2D eigenvalue weighted by Crippen LogP contribution is -2.36. The Morgan fingerprint density at radius 1 is 1.09 bits per heavy atom. The standard InChI is InChI=1S/C16H20N4O2/c1-12-15(18-20-5-2-8-22-16(12)20)13-3-4-14(17-11-13)19-6-9-21-10-7-19/h3-4,11H,2,5-10H2,1H3. The fourth-order valence-electron chi connectivity index (χ4n) is 3.03. The third-order valence-corrected chi connectivity index (χ3v) is 4.24. The minimum Gasteiger partial charge on any atom is -0.478 e. The number of rotatable bonds is 2. The third kappa shape index (κ3) is 2.33. The van der Waals surface area contributed by atoms with Crippen LogP contribution in [0.25, 0.3) is 11.3 Å². The van der Waals surface area contributed by atoms with Crippen molar-refractivity contribution in [2.75, 3.05) is 37.8 Å². The van der Waals surface area contributed by atoms with Crippen LogP contribution in [0.1, 0.15) is 12.0 Å². The molecule has 6 nitrogen and oxygen atoms in total. The van der Waals surface area contributed by atoms with E-state index in [0.717, 1.165) is 74.4 Å². The van der Waals surface area contributed by atoms with Gasteiger partial charge in [-0.2, -0.15) is 5.10 Å². The maximum absolute atomic E-state index is 5.73. The summed E-state index contributed by atoms with van der Waals surface area (Å²) >= 11 is 0. The van der Waals surface area contributed by atoms with E-state index in [1.807, 2.05) is 10.9 Å². The lowest BCUT2D eigenvalue weighted by atomic mass is 10.1. The molecule has 1 fully saturated rings. The Bertz CT molecular complexity index is 660. The first-order chi connectivity index (χ1) is 10.8. The van der Waals surface area contributed by atoms with Crippen LogP contribution < -0.4 is 9.64 Å². The van der Waals surface area contributed by atoms with E-state index >= 15 is 0 Å². The van der Waals surface area contributed by atoms with Gasteiger partial charge in [0.2, 0.25) is 5.88 Å². The molecule has 0 atom stereocenters. The van der Waals surface area contributed by atoms with Crippen molar-refractivity contribution < 1.29 is 9.47 Å². The maximum atomic E-state index is 5.73. The number of ether oxygens (including phenoxy) is 2. The van der Waals surface area contributed by atoms with Gasteiger partial charge < -0.3 is 14.4 Å². The van der Waals surface area contributed by atoms with Gasteiger partial charge in [0.15, 0.2) is 0 Å².